The molecule has 7 nitrogen and oxygen atoms in total. The molecule has 1 N–H and O–H groups in total. The summed E-state index contributed by atoms with van der Waals surface area (Å²) in [4.78, 5) is 19.5. The van der Waals surface area contributed by atoms with Crippen molar-refractivity contribution in [3.8, 4) is 0 Å². The number of hydrogen-bond donors (Lipinski definition) is 1. The Balaban J connectivity index is 1.75. The van der Waals surface area contributed by atoms with Gasteiger partial charge in [-0.25, -0.2) is 9.78 Å². The molecular weight excluding hydrogens is 440 g/mol. The molecule has 1 aliphatic heterocycles. The molecule has 1 aliphatic rings. The van der Waals surface area contributed by atoms with Crippen LogP contribution in [-0.2, 0) is 11.5 Å². The number of halogens is 1. The number of carboxylic acid groups (broad SMARTS) is 1. The van der Waals surface area contributed by atoms with Crippen LogP contribution in [0.1, 0.15) is 5.56 Å². The zero-order valence-corrected chi connectivity index (χ0v) is 19.6. The van der Waals surface area contributed by atoms with Crippen molar-refractivity contribution in [2.75, 3.05) is 37.7 Å². The number of amides is 1. The lowest BCUT2D eigenvalue weighted by molar-refractivity contribution is 0.0901. The number of piperazine rings is 1. The van der Waals surface area contributed by atoms with Gasteiger partial charge < -0.3 is 24.2 Å². The molecule has 0 unspecified atom stereocenters. The molecule has 1 saturated heterocycles. The molecule has 2 aromatic rings. The number of fused-ring (bicyclic) bond motifs is 1. The zero-order valence-electron chi connectivity index (χ0n) is 17.0. The summed E-state index contributed by atoms with van der Waals surface area (Å²) in [6, 6.07) is 1.15. The predicted octanol–water partition coefficient (Wildman–Crippen LogP) is 4.22. The van der Waals surface area contributed by atoms with Crippen molar-refractivity contribution in [2.45, 2.75) is 39.3 Å². The van der Waals surface area contributed by atoms with Crippen LogP contribution in [0.2, 0.25) is 25.7 Å². The monoisotopic (exact) mass is 468 g/mol. The maximum absolute atomic E-state index is 11.1. The van der Waals surface area contributed by atoms with Gasteiger partial charge in [0.15, 0.2) is 0 Å². The summed E-state index contributed by atoms with van der Waals surface area (Å²) in [5, 5.41) is 10.3. The summed E-state index contributed by atoms with van der Waals surface area (Å²) in [6.07, 6.45) is 3.10. The quantitative estimate of drug-likeness (QED) is 0.507. The van der Waals surface area contributed by atoms with Crippen molar-refractivity contribution in [1.82, 2.24) is 14.5 Å². The minimum absolute atomic E-state index is 0.502. The van der Waals surface area contributed by atoms with Crippen molar-refractivity contribution in [1.29, 1.82) is 0 Å². The fraction of sp³-hybridized carbons (Fsp3) is 0.579. The van der Waals surface area contributed by atoms with Gasteiger partial charge in [-0.3, -0.25) is 0 Å². The minimum Gasteiger partial charge on any atom is -0.465 e. The van der Waals surface area contributed by atoms with Crippen LogP contribution in [0.4, 0.5) is 10.6 Å². The Hall–Kier alpha value is -1.58. The fourth-order valence-electron chi connectivity index (χ4n) is 3.45. The molecule has 0 saturated carbocycles. The van der Waals surface area contributed by atoms with Gasteiger partial charge in [-0.05, 0) is 28.9 Å². The molecule has 3 rings (SSSR count). The van der Waals surface area contributed by atoms with E-state index in [1.165, 1.54) is 4.90 Å². The molecule has 0 aromatic carbocycles. The summed E-state index contributed by atoms with van der Waals surface area (Å²) in [5.41, 5.74) is 2.15. The SMILES string of the molecule is Cc1c(N2CCN(C(=O)O)CC2)ncc2c1c(Br)cn2COCC[Si](C)(C)C. The van der Waals surface area contributed by atoms with Crippen LogP contribution in [-0.4, -0.2) is 66.5 Å². The number of pyridine rings is 1. The fourth-order valence-corrected chi connectivity index (χ4v) is 4.96. The van der Waals surface area contributed by atoms with Gasteiger partial charge >= 0.3 is 6.09 Å². The second-order valence-corrected chi connectivity index (χ2v) is 15.0. The van der Waals surface area contributed by atoms with Crippen molar-refractivity contribution in [3.05, 3.63) is 22.4 Å². The second-order valence-electron chi connectivity index (χ2n) is 8.52. The van der Waals surface area contributed by atoms with Crippen molar-refractivity contribution < 1.29 is 14.6 Å². The Morgan fingerprint density at radius 3 is 2.57 bits per heavy atom. The van der Waals surface area contributed by atoms with E-state index in [-0.39, 0.29) is 0 Å². The van der Waals surface area contributed by atoms with Gasteiger partial charge in [0.25, 0.3) is 0 Å². The molecule has 9 heteroatoms. The smallest absolute Gasteiger partial charge is 0.407 e. The highest BCUT2D eigenvalue weighted by atomic mass is 79.9. The average molecular weight is 469 g/mol. The van der Waals surface area contributed by atoms with Gasteiger partial charge in [0, 0.05) is 62.5 Å². The molecule has 0 bridgehead atoms. The lowest BCUT2D eigenvalue weighted by Gasteiger charge is -2.34. The number of nitrogens with zero attached hydrogens (tertiary/aromatic N) is 4. The van der Waals surface area contributed by atoms with Gasteiger partial charge in [0.1, 0.15) is 12.5 Å². The van der Waals surface area contributed by atoms with E-state index in [4.69, 9.17) is 14.8 Å². The number of ether oxygens (including phenoxy) is 1. The molecule has 2 aromatic heterocycles. The van der Waals surface area contributed by atoms with Gasteiger partial charge in [-0.15, -0.1) is 0 Å². The van der Waals surface area contributed by atoms with Crippen LogP contribution in [0.5, 0.6) is 0 Å². The average Bonchev–Trinajstić information content (AvgIpc) is 2.95. The van der Waals surface area contributed by atoms with Crippen LogP contribution in [0, 0.1) is 6.92 Å². The van der Waals surface area contributed by atoms with Crippen LogP contribution in [0.3, 0.4) is 0 Å². The Kier molecular flexibility index (Phi) is 6.36. The first kappa shape index (κ1) is 21.1. The Morgan fingerprint density at radius 2 is 1.96 bits per heavy atom. The number of rotatable bonds is 6. The van der Waals surface area contributed by atoms with Crippen LogP contribution in [0.15, 0.2) is 16.9 Å². The van der Waals surface area contributed by atoms with E-state index >= 15 is 0 Å². The molecule has 154 valence electrons. The summed E-state index contributed by atoms with van der Waals surface area (Å²) in [7, 11) is -1.09. The number of carbonyl (C=O) groups is 1. The van der Waals surface area contributed by atoms with E-state index in [2.05, 4.69) is 58.2 Å². The number of aromatic nitrogens is 2. The van der Waals surface area contributed by atoms with E-state index in [0.717, 1.165) is 39.4 Å². The molecule has 1 amide bonds. The number of aryl methyl sites for hydroxylation is 1. The first-order valence-electron chi connectivity index (χ1n) is 9.62. The van der Waals surface area contributed by atoms with Crippen LogP contribution in [0.25, 0.3) is 10.9 Å². The highest BCUT2D eigenvalue weighted by molar-refractivity contribution is 9.10. The predicted molar refractivity (Wildman–Crippen MR) is 118 cm³/mol. The van der Waals surface area contributed by atoms with Crippen LogP contribution >= 0.6 is 15.9 Å². The Morgan fingerprint density at radius 1 is 1.29 bits per heavy atom. The van der Waals surface area contributed by atoms with Gasteiger partial charge in [-0.1, -0.05) is 19.6 Å². The normalized spacial score (nSPS) is 15.5. The highest BCUT2D eigenvalue weighted by Crippen LogP contribution is 2.33. The molecule has 28 heavy (non-hydrogen) atoms. The largest absolute Gasteiger partial charge is 0.465 e. The standard InChI is InChI=1S/C19H29BrN4O3Si/c1-14-17-15(20)12-24(13-27-9-10-28(2,3)4)16(17)11-21-18(14)22-5-7-23(8-6-22)19(25)26/h11-12H,5-10,13H2,1-4H3,(H,25,26). The summed E-state index contributed by atoms with van der Waals surface area (Å²) in [5.74, 6) is 0.927. The van der Waals surface area contributed by atoms with E-state index in [1.54, 1.807) is 0 Å². The Bertz CT molecular complexity index is 857. The molecule has 0 atom stereocenters. The van der Waals surface area contributed by atoms with E-state index in [0.29, 0.717) is 32.9 Å². The third-order valence-electron chi connectivity index (χ3n) is 5.17. The van der Waals surface area contributed by atoms with Crippen LogP contribution < -0.4 is 4.90 Å². The summed E-state index contributed by atoms with van der Waals surface area (Å²) in [6.45, 7) is 12.7. The zero-order chi connectivity index (χ0) is 20.5. The lowest BCUT2D eigenvalue weighted by Crippen LogP contribution is -2.48. The maximum atomic E-state index is 11.1. The summed E-state index contributed by atoms with van der Waals surface area (Å²) < 4.78 is 9.04. The third kappa shape index (κ3) is 4.69. The Labute approximate surface area is 175 Å². The highest BCUT2D eigenvalue weighted by Gasteiger charge is 2.24. The first-order chi connectivity index (χ1) is 13.2. The van der Waals surface area contributed by atoms with E-state index in [9.17, 15) is 4.79 Å². The van der Waals surface area contributed by atoms with Crippen molar-refractivity contribution in [3.63, 3.8) is 0 Å². The van der Waals surface area contributed by atoms with E-state index in [1.807, 2.05) is 6.20 Å². The molecule has 0 spiro atoms. The first-order valence-corrected chi connectivity index (χ1v) is 14.1. The van der Waals surface area contributed by atoms with E-state index < -0.39 is 14.2 Å². The molecular formula is C19H29BrN4O3Si. The maximum Gasteiger partial charge on any atom is 0.407 e. The topological polar surface area (TPSA) is 70.8 Å². The van der Waals surface area contributed by atoms with Gasteiger partial charge in [0.2, 0.25) is 0 Å². The van der Waals surface area contributed by atoms with Gasteiger partial charge in [0.05, 0.1) is 11.7 Å². The molecule has 0 radical (unpaired) electrons. The third-order valence-corrected chi connectivity index (χ3v) is 7.47. The van der Waals surface area contributed by atoms with Gasteiger partial charge in [-0.2, -0.15) is 0 Å². The minimum atomic E-state index is -1.09. The number of anilines is 1. The second kappa shape index (κ2) is 8.42. The molecule has 1 fully saturated rings. The van der Waals surface area contributed by atoms with Crippen molar-refractivity contribution in [2.24, 2.45) is 0 Å². The van der Waals surface area contributed by atoms with Crippen molar-refractivity contribution >= 4 is 46.8 Å². The molecule has 0 aliphatic carbocycles. The molecule has 3 heterocycles. The lowest BCUT2D eigenvalue weighted by atomic mass is 10.1. The summed E-state index contributed by atoms with van der Waals surface area (Å²) >= 11 is 3.69. The number of hydrogen-bond acceptors (Lipinski definition) is 4.